The Morgan fingerprint density at radius 3 is 2.30 bits per heavy atom. The number of carbonyl (C=O) groups is 2. The Kier molecular flexibility index (Phi) is 8.26. The summed E-state index contributed by atoms with van der Waals surface area (Å²) < 4.78 is 0. The van der Waals surface area contributed by atoms with Gasteiger partial charge < -0.3 is 15.7 Å². The van der Waals surface area contributed by atoms with Crippen molar-refractivity contribution in [2.24, 2.45) is 11.8 Å². The van der Waals surface area contributed by atoms with Gasteiger partial charge in [0, 0.05) is 18.5 Å². The number of amides is 2. The second-order valence-corrected chi connectivity index (χ2v) is 6.56. The van der Waals surface area contributed by atoms with Gasteiger partial charge in [0.05, 0.1) is 0 Å². The fourth-order valence-electron chi connectivity index (χ4n) is 2.43. The van der Waals surface area contributed by atoms with Gasteiger partial charge in [-0.3, -0.25) is 4.79 Å². The summed E-state index contributed by atoms with van der Waals surface area (Å²) in [7, 11) is 0. The van der Waals surface area contributed by atoms with E-state index < -0.39 is 5.97 Å². The van der Waals surface area contributed by atoms with Gasteiger partial charge in [0.1, 0.15) is 0 Å². The van der Waals surface area contributed by atoms with Crippen LogP contribution in [0, 0.1) is 11.8 Å². The van der Waals surface area contributed by atoms with Gasteiger partial charge >= 0.3 is 12.0 Å². The fourth-order valence-corrected chi connectivity index (χ4v) is 2.43. The van der Waals surface area contributed by atoms with Gasteiger partial charge in [-0.05, 0) is 38.5 Å². The van der Waals surface area contributed by atoms with Crippen molar-refractivity contribution in [3.05, 3.63) is 0 Å². The van der Waals surface area contributed by atoms with Crippen LogP contribution < -0.4 is 10.6 Å². The lowest BCUT2D eigenvalue weighted by Gasteiger charge is -2.26. The minimum atomic E-state index is -0.816. The van der Waals surface area contributed by atoms with E-state index in [9.17, 15) is 9.59 Å². The molecule has 0 aliphatic heterocycles. The summed E-state index contributed by atoms with van der Waals surface area (Å²) in [5.41, 5.74) is -0.237. The van der Waals surface area contributed by atoms with Crippen LogP contribution in [0.15, 0.2) is 0 Å². The first kappa shape index (κ1) is 18.7. The van der Waals surface area contributed by atoms with Crippen molar-refractivity contribution in [3.63, 3.8) is 0 Å². The highest BCUT2D eigenvalue weighted by Gasteiger charge is 2.20. The second-order valence-electron chi connectivity index (χ2n) is 6.56. The van der Waals surface area contributed by atoms with Crippen LogP contribution in [0.1, 0.15) is 60.3 Å². The molecule has 1 atom stereocenters. The number of urea groups is 1. The lowest BCUT2D eigenvalue weighted by Crippen LogP contribution is -2.49. The predicted octanol–water partition coefficient (Wildman–Crippen LogP) is 3.00. The van der Waals surface area contributed by atoms with Crippen molar-refractivity contribution in [1.29, 1.82) is 0 Å². The van der Waals surface area contributed by atoms with Gasteiger partial charge in [-0.15, -0.1) is 0 Å². The van der Waals surface area contributed by atoms with Gasteiger partial charge in [0.25, 0.3) is 0 Å². The molecule has 0 bridgehead atoms. The molecule has 0 radical (unpaired) electrons. The zero-order valence-electron chi connectivity index (χ0n) is 13.5. The highest BCUT2D eigenvalue weighted by atomic mass is 16.4. The van der Waals surface area contributed by atoms with Crippen molar-refractivity contribution in [2.75, 3.05) is 6.54 Å². The lowest BCUT2D eigenvalue weighted by atomic mass is 9.94. The summed E-state index contributed by atoms with van der Waals surface area (Å²) in [6.45, 7) is 10.6. The molecule has 0 aromatic carbocycles. The average molecular weight is 286 g/mol. The lowest BCUT2D eigenvalue weighted by molar-refractivity contribution is -0.138. The number of nitrogens with one attached hydrogen (secondary N) is 2. The van der Waals surface area contributed by atoms with Crippen LogP contribution in [0.2, 0.25) is 0 Å². The van der Waals surface area contributed by atoms with Gasteiger partial charge in [0.15, 0.2) is 0 Å². The molecular formula is C15H30N2O3. The molecule has 0 saturated heterocycles. The number of hydrogen-bond donors (Lipinski definition) is 3. The van der Waals surface area contributed by atoms with Crippen LogP contribution in [0.4, 0.5) is 4.79 Å². The molecule has 3 N–H and O–H groups in total. The second kappa shape index (κ2) is 8.82. The van der Waals surface area contributed by atoms with Gasteiger partial charge in [-0.25, -0.2) is 4.79 Å². The van der Waals surface area contributed by atoms with E-state index in [1.54, 1.807) is 0 Å². The molecule has 0 aliphatic rings. The first-order valence-corrected chi connectivity index (χ1v) is 7.44. The molecule has 5 heteroatoms. The first-order valence-electron chi connectivity index (χ1n) is 7.44. The molecule has 0 saturated carbocycles. The van der Waals surface area contributed by atoms with Crippen LogP contribution in [-0.2, 0) is 4.79 Å². The third-order valence-corrected chi connectivity index (χ3v) is 3.15. The third-order valence-electron chi connectivity index (χ3n) is 3.15. The number of carbonyl (C=O) groups excluding carboxylic acids is 1. The minimum absolute atomic E-state index is 0.0208. The average Bonchev–Trinajstić information content (AvgIpc) is 2.23. The summed E-state index contributed by atoms with van der Waals surface area (Å²) in [4.78, 5) is 22.7. The number of hydrogen-bond acceptors (Lipinski definition) is 2. The summed E-state index contributed by atoms with van der Waals surface area (Å²) >= 11 is 0. The van der Waals surface area contributed by atoms with E-state index in [2.05, 4.69) is 31.4 Å². The quantitative estimate of drug-likeness (QED) is 0.609. The summed E-state index contributed by atoms with van der Waals surface area (Å²) in [6.07, 6.45) is 2.80. The van der Waals surface area contributed by atoms with Crippen molar-refractivity contribution in [3.8, 4) is 0 Å². The van der Waals surface area contributed by atoms with Gasteiger partial charge in [-0.2, -0.15) is 0 Å². The Bertz CT molecular complexity index is 314. The maximum absolute atomic E-state index is 11.8. The molecule has 20 heavy (non-hydrogen) atoms. The van der Waals surface area contributed by atoms with Crippen LogP contribution in [0.5, 0.6) is 0 Å². The molecule has 118 valence electrons. The molecule has 0 fully saturated rings. The Morgan fingerprint density at radius 1 is 1.25 bits per heavy atom. The van der Waals surface area contributed by atoms with E-state index in [1.165, 1.54) is 0 Å². The Labute approximate surface area is 122 Å². The van der Waals surface area contributed by atoms with Crippen molar-refractivity contribution < 1.29 is 14.7 Å². The maximum atomic E-state index is 11.8. The molecule has 2 amide bonds. The Hall–Kier alpha value is -1.26. The largest absolute Gasteiger partial charge is 0.481 e. The highest BCUT2D eigenvalue weighted by Crippen LogP contribution is 2.15. The monoisotopic (exact) mass is 286 g/mol. The third kappa shape index (κ3) is 9.64. The number of aliphatic carboxylic acids is 1. The minimum Gasteiger partial charge on any atom is -0.481 e. The highest BCUT2D eigenvalue weighted by molar-refractivity contribution is 5.74. The topological polar surface area (TPSA) is 78.4 Å². The number of carboxylic acid groups (broad SMARTS) is 1. The standard InChI is InChI=1S/C15H30N2O3/c1-6-7-15(4,5)17-14(20)16-10-12(8-11(2)3)9-13(18)19/h11-12H,6-10H2,1-5H3,(H,18,19)(H2,16,17,20). The molecule has 0 aromatic heterocycles. The van der Waals surface area contributed by atoms with E-state index in [1.807, 2.05) is 13.8 Å². The zero-order chi connectivity index (χ0) is 15.8. The molecular weight excluding hydrogens is 256 g/mol. The predicted molar refractivity (Wildman–Crippen MR) is 80.7 cm³/mol. The normalized spacial score (nSPS) is 13.1. The van der Waals surface area contributed by atoms with Crippen LogP contribution in [0.25, 0.3) is 0 Å². The molecule has 0 rings (SSSR count). The van der Waals surface area contributed by atoms with E-state index in [-0.39, 0.29) is 23.9 Å². The van der Waals surface area contributed by atoms with E-state index in [4.69, 9.17) is 5.11 Å². The first-order chi connectivity index (χ1) is 9.16. The van der Waals surface area contributed by atoms with E-state index in [0.29, 0.717) is 12.5 Å². The molecule has 1 unspecified atom stereocenters. The van der Waals surface area contributed by atoms with Crippen LogP contribution in [-0.4, -0.2) is 29.2 Å². The van der Waals surface area contributed by atoms with Gasteiger partial charge in [-0.1, -0.05) is 27.2 Å². The van der Waals surface area contributed by atoms with E-state index in [0.717, 1.165) is 19.3 Å². The molecule has 0 aromatic rings. The Balaban J connectivity index is 4.25. The smallest absolute Gasteiger partial charge is 0.315 e. The fraction of sp³-hybridized carbons (Fsp3) is 0.867. The molecule has 5 nitrogen and oxygen atoms in total. The van der Waals surface area contributed by atoms with Crippen LogP contribution in [0.3, 0.4) is 0 Å². The van der Waals surface area contributed by atoms with E-state index >= 15 is 0 Å². The van der Waals surface area contributed by atoms with Crippen molar-refractivity contribution in [2.45, 2.75) is 65.8 Å². The maximum Gasteiger partial charge on any atom is 0.315 e. The van der Waals surface area contributed by atoms with Crippen molar-refractivity contribution >= 4 is 12.0 Å². The summed E-state index contributed by atoms with van der Waals surface area (Å²) in [6, 6.07) is -0.220. The zero-order valence-corrected chi connectivity index (χ0v) is 13.5. The number of rotatable bonds is 9. The number of carboxylic acids is 1. The SMILES string of the molecule is CCCC(C)(C)NC(=O)NCC(CC(=O)O)CC(C)C. The molecule has 0 aliphatic carbocycles. The van der Waals surface area contributed by atoms with Gasteiger partial charge in [0.2, 0.25) is 0 Å². The van der Waals surface area contributed by atoms with Crippen molar-refractivity contribution in [1.82, 2.24) is 10.6 Å². The summed E-state index contributed by atoms with van der Waals surface area (Å²) in [5, 5.41) is 14.6. The Morgan fingerprint density at radius 2 is 1.85 bits per heavy atom. The molecule has 0 spiro atoms. The van der Waals surface area contributed by atoms with Crippen LogP contribution >= 0.6 is 0 Å². The molecule has 0 heterocycles. The summed E-state index contributed by atoms with van der Waals surface area (Å²) in [5.74, 6) is -0.419.